The number of rotatable bonds is 8. The van der Waals surface area contributed by atoms with Crippen molar-refractivity contribution in [2.75, 3.05) is 5.73 Å². The molecular weight excluding hydrogens is 696 g/mol. The molecule has 246 valence electrons. The minimum atomic E-state index is -5.09. The van der Waals surface area contributed by atoms with Gasteiger partial charge in [0.05, 0.1) is 16.0 Å². The average Bonchev–Trinajstić information content (AvgIpc) is 2.95. The number of nitrogens with two attached hydrogens (primary N) is 1. The third-order valence-electron chi connectivity index (χ3n) is 5.65. The van der Waals surface area contributed by atoms with Crippen molar-refractivity contribution in [3.05, 3.63) is 70.3 Å². The Morgan fingerprint density at radius 3 is 1.91 bits per heavy atom. The molecular formula is C23H16N6O15S3. The second kappa shape index (κ2) is 13.6. The van der Waals surface area contributed by atoms with Gasteiger partial charge < -0.3 is 21.1 Å². The molecule has 0 saturated heterocycles. The number of fused-ring (bicyclic) bond motifs is 1. The molecule has 0 aromatic heterocycles. The van der Waals surface area contributed by atoms with Crippen LogP contribution in [0.5, 0.6) is 11.5 Å². The van der Waals surface area contributed by atoms with E-state index in [1.165, 1.54) is 6.07 Å². The van der Waals surface area contributed by atoms with E-state index in [-0.39, 0.29) is 28.1 Å². The Morgan fingerprint density at radius 2 is 1.36 bits per heavy atom. The maximum Gasteiger partial charge on any atom is 0.425 e. The topological polar surface area (TPSA) is 356 Å². The highest BCUT2D eigenvalue weighted by atomic mass is 32.2. The zero-order valence-electron chi connectivity index (χ0n) is 22.6. The third kappa shape index (κ3) is 8.41. The molecule has 0 saturated carbocycles. The number of hydrogen-bond donors (Lipinski definition) is 6. The number of carboxylic acids is 1. The van der Waals surface area contributed by atoms with Crippen LogP contribution in [0.1, 0.15) is 10.4 Å². The van der Waals surface area contributed by atoms with E-state index in [1.54, 1.807) is 0 Å². The zero-order chi connectivity index (χ0) is 35.4. The van der Waals surface area contributed by atoms with E-state index in [0.717, 1.165) is 48.5 Å². The molecule has 0 aliphatic rings. The second-order valence-electron chi connectivity index (χ2n) is 8.65. The second-order valence-corrected chi connectivity index (χ2v) is 11.8. The van der Waals surface area contributed by atoms with E-state index in [1.807, 2.05) is 0 Å². The van der Waals surface area contributed by atoms with Crippen LogP contribution in [0.3, 0.4) is 0 Å². The van der Waals surface area contributed by atoms with E-state index in [9.17, 15) is 56.2 Å². The lowest BCUT2D eigenvalue weighted by Gasteiger charge is -2.11. The fourth-order valence-electron chi connectivity index (χ4n) is 3.74. The molecule has 4 aromatic rings. The molecule has 0 unspecified atom stereocenters. The normalized spacial score (nSPS) is 11.8. The minimum Gasteiger partial charge on any atom is -0.505 e. The lowest BCUT2D eigenvalue weighted by Crippen LogP contribution is -2.02. The molecule has 21 nitrogen and oxygen atoms in total. The fourth-order valence-corrected chi connectivity index (χ4v) is 5.05. The van der Waals surface area contributed by atoms with Crippen molar-refractivity contribution in [3.8, 4) is 11.5 Å². The van der Waals surface area contributed by atoms with Crippen LogP contribution in [0, 0.1) is 10.1 Å². The summed E-state index contributed by atoms with van der Waals surface area (Å²) in [4.78, 5) is 19.9. The minimum absolute atomic E-state index is 0.0192. The molecule has 0 bridgehead atoms. The summed E-state index contributed by atoms with van der Waals surface area (Å²) in [5.74, 6) is -3.54. The van der Waals surface area contributed by atoms with Gasteiger partial charge in [-0.15, -0.1) is 28.0 Å². The number of nitro benzene ring substituents is 1. The monoisotopic (exact) mass is 712 g/mol. The quantitative estimate of drug-likeness (QED) is 0.0497. The number of carboxylic acid groups (broad SMARTS) is 1. The van der Waals surface area contributed by atoms with Crippen molar-refractivity contribution >= 4 is 81.7 Å². The molecule has 4 aromatic carbocycles. The lowest BCUT2D eigenvalue weighted by atomic mass is 10.1. The summed E-state index contributed by atoms with van der Waals surface area (Å²) < 4.78 is 92.1. The van der Waals surface area contributed by atoms with Gasteiger partial charge in [-0.1, -0.05) is 6.07 Å². The number of aromatic carboxylic acids is 1. The zero-order valence-corrected chi connectivity index (χ0v) is 25.0. The largest absolute Gasteiger partial charge is 0.505 e. The van der Waals surface area contributed by atoms with Crippen LogP contribution >= 0.6 is 0 Å². The summed E-state index contributed by atoms with van der Waals surface area (Å²) in [6.07, 6.45) is 0. The van der Waals surface area contributed by atoms with E-state index in [4.69, 9.17) is 18.4 Å². The van der Waals surface area contributed by atoms with Crippen molar-refractivity contribution in [1.29, 1.82) is 0 Å². The van der Waals surface area contributed by atoms with E-state index in [2.05, 4.69) is 20.5 Å². The van der Waals surface area contributed by atoms with E-state index >= 15 is 0 Å². The molecule has 47 heavy (non-hydrogen) atoms. The molecule has 7 N–H and O–H groups in total. The molecule has 0 radical (unpaired) electrons. The SMILES string of the molecule is Nc1ccc(N=Nc2ccc3cc(S(=O)(=O)O)c(N=Nc4ccc([N+](=O)[O-])c(C(=O)O)c4)c(O)c3c2O)c(S(=O)(=O)O)c1.O=S(=O)=O. The molecule has 0 amide bonds. The van der Waals surface area contributed by atoms with Crippen LogP contribution in [0.25, 0.3) is 10.8 Å². The maximum absolute atomic E-state index is 12.1. The summed E-state index contributed by atoms with van der Waals surface area (Å²) >= 11 is 0. The van der Waals surface area contributed by atoms with Crippen molar-refractivity contribution < 1.29 is 63.6 Å². The van der Waals surface area contributed by atoms with E-state index < -0.39 is 85.4 Å². The Hall–Kier alpha value is -5.95. The molecule has 0 fully saturated rings. The maximum atomic E-state index is 12.1. The lowest BCUT2D eigenvalue weighted by molar-refractivity contribution is -0.385. The number of nitrogen functional groups attached to an aromatic ring is 1. The molecule has 24 heteroatoms. The summed E-state index contributed by atoms with van der Waals surface area (Å²) in [6.45, 7) is 0. The first kappa shape index (κ1) is 35.5. The van der Waals surface area contributed by atoms with Crippen LogP contribution in [0.4, 0.5) is 34.1 Å². The predicted octanol–water partition coefficient (Wildman–Crippen LogP) is 3.76. The molecule has 0 atom stereocenters. The van der Waals surface area contributed by atoms with Gasteiger partial charge in [0.1, 0.15) is 32.4 Å². The average molecular weight is 713 g/mol. The number of benzene rings is 4. The summed E-state index contributed by atoms with van der Waals surface area (Å²) in [7, 11) is -13.0. The van der Waals surface area contributed by atoms with Gasteiger partial charge in [-0.2, -0.15) is 21.9 Å². The van der Waals surface area contributed by atoms with Crippen molar-refractivity contribution in [1.82, 2.24) is 0 Å². The fraction of sp³-hybridized carbons (Fsp3) is 0. The highest BCUT2D eigenvalue weighted by Crippen LogP contribution is 2.48. The van der Waals surface area contributed by atoms with E-state index in [0.29, 0.717) is 0 Å². The van der Waals surface area contributed by atoms with Crippen LogP contribution in [-0.2, 0) is 30.8 Å². The van der Waals surface area contributed by atoms with Crippen LogP contribution in [-0.4, -0.2) is 64.8 Å². The first-order chi connectivity index (χ1) is 21.7. The van der Waals surface area contributed by atoms with Gasteiger partial charge in [0.2, 0.25) is 0 Å². The van der Waals surface area contributed by atoms with Crippen molar-refractivity contribution in [2.45, 2.75) is 9.79 Å². The Kier molecular flexibility index (Phi) is 10.3. The number of aromatic hydroxyl groups is 2. The number of nitrogens with zero attached hydrogens (tertiary/aromatic N) is 5. The molecule has 0 spiro atoms. The summed E-state index contributed by atoms with van der Waals surface area (Å²) in [5, 5.41) is 56.1. The molecule has 0 aliphatic carbocycles. The Labute approximate surface area is 262 Å². The number of hydrogen-bond acceptors (Lipinski definition) is 17. The van der Waals surface area contributed by atoms with Gasteiger partial charge in [0.25, 0.3) is 25.9 Å². The predicted molar refractivity (Wildman–Crippen MR) is 156 cm³/mol. The van der Waals surface area contributed by atoms with Crippen LogP contribution in [0.15, 0.2) is 84.8 Å². The number of azo groups is 2. The van der Waals surface area contributed by atoms with Gasteiger partial charge in [0, 0.05) is 11.8 Å². The van der Waals surface area contributed by atoms with Crippen LogP contribution in [0.2, 0.25) is 0 Å². The van der Waals surface area contributed by atoms with Gasteiger partial charge in [-0.25, -0.2) is 4.79 Å². The Balaban J connectivity index is 0.00000142. The summed E-state index contributed by atoms with van der Waals surface area (Å²) in [5.41, 5.74) is 1.98. The number of anilines is 1. The highest BCUT2D eigenvalue weighted by molar-refractivity contribution is 7.86. The van der Waals surface area contributed by atoms with Crippen LogP contribution < -0.4 is 5.73 Å². The van der Waals surface area contributed by atoms with Gasteiger partial charge in [0.15, 0.2) is 11.5 Å². The Bertz CT molecular complexity index is 2360. The summed E-state index contributed by atoms with van der Waals surface area (Å²) in [6, 6.07) is 8.89. The van der Waals surface area contributed by atoms with Crippen molar-refractivity contribution in [3.63, 3.8) is 0 Å². The first-order valence-electron chi connectivity index (χ1n) is 11.7. The van der Waals surface area contributed by atoms with Gasteiger partial charge in [-0.3, -0.25) is 19.2 Å². The first-order valence-corrected chi connectivity index (χ1v) is 15.6. The van der Waals surface area contributed by atoms with Crippen molar-refractivity contribution in [2.24, 2.45) is 20.5 Å². The highest BCUT2D eigenvalue weighted by Gasteiger charge is 2.25. The number of phenolic OH excluding ortho intramolecular Hbond substituents is 2. The third-order valence-corrected chi connectivity index (χ3v) is 7.40. The molecule has 0 heterocycles. The Morgan fingerprint density at radius 1 is 0.787 bits per heavy atom. The molecule has 0 aliphatic heterocycles. The number of nitro groups is 1. The van der Waals surface area contributed by atoms with Gasteiger partial charge >= 0.3 is 16.6 Å². The standard InChI is InChI=1S/C23H16N6O12S2.O3S/c24-11-2-5-14(17(8-11)42(36,37)38)26-27-15-4-1-10-7-18(43(39,40)41)20(22(31)19(10)21(15)30)28-25-12-3-6-16(29(34)35)13(9-12)23(32)33;1-4(2)3/h1-9,30-31H,24H2,(H,32,33)(H,36,37,38)(H,39,40,41);. The number of carbonyl (C=O) groups is 1. The molecule has 4 rings (SSSR count). The number of phenols is 2. The van der Waals surface area contributed by atoms with Gasteiger partial charge in [-0.05, 0) is 47.9 Å². The smallest absolute Gasteiger partial charge is 0.425 e.